The van der Waals surface area contributed by atoms with Gasteiger partial charge in [0, 0.05) is 26.3 Å². The van der Waals surface area contributed by atoms with Crippen LogP contribution in [0.1, 0.15) is 39.0 Å². The fraction of sp³-hybridized carbons (Fsp3) is 0.565. The molecule has 0 spiro atoms. The van der Waals surface area contributed by atoms with Gasteiger partial charge in [-0.1, -0.05) is 6.92 Å². The van der Waals surface area contributed by atoms with E-state index in [9.17, 15) is 19.5 Å². The Morgan fingerprint density at radius 3 is 2.83 bits per heavy atom. The Labute approximate surface area is 203 Å². The van der Waals surface area contributed by atoms with E-state index in [0.29, 0.717) is 49.3 Å². The maximum absolute atomic E-state index is 12.9. The molecule has 1 unspecified atom stereocenters. The number of hydrogen-bond donors (Lipinski definition) is 3. The largest absolute Gasteiger partial charge is 0.480 e. The number of carboxylic acids is 1. The third-order valence-corrected chi connectivity index (χ3v) is 6.56. The molecule has 35 heavy (non-hydrogen) atoms. The molecule has 1 aliphatic rings. The summed E-state index contributed by atoms with van der Waals surface area (Å²) in [6, 6.07) is 1.97. The highest BCUT2D eigenvalue weighted by molar-refractivity contribution is 5.95. The number of carbonyl (C=O) groups excluding carboxylic acids is 2. The van der Waals surface area contributed by atoms with Crippen LogP contribution in [0.5, 0.6) is 0 Å². The summed E-state index contributed by atoms with van der Waals surface area (Å²) < 4.78 is 1.28. The highest BCUT2D eigenvalue weighted by Crippen LogP contribution is 2.29. The first-order valence-electron chi connectivity index (χ1n) is 11.7. The maximum Gasteiger partial charge on any atom is 0.327 e. The number of rotatable bonds is 9. The van der Waals surface area contributed by atoms with Crippen LogP contribution in [0.3, 0.4) is 0 Å². The number of carboxylic acid groups (broad SMARTS) is 1. The number of nitriles is 1. The molecular formula is C23H32N8O4. The summed E-state index contributed by atoms with van der Waals surface area (Å²) >= 11 is 0. The van der Waals surface area contributed by atoms with Crippen molar-refractivity contribution in [1.82, 2.24) is 24.8 Å². The monoisotopic (exact) mass is 484 g/mol. The number of fused-ring (bicyclic) bond motifs is 1. The number of nitrogens with one attached hydrogen (secondary N) is 1. The van der Waals surface area contributed by atoms with E-state index in [-0.39, 0.29) is 30.7 Å². The van der Waals surface area contributed by atoms with Gasteiger partial charge >= 0.3 is 12.0 Å². The number of nitrogens with two attached hydrogens (primary N) is 1. The maximum atomic E-state index is 12.9. The van der Waals surface area contributed by atoms with E-state index in [2.05, 4.69) is 22.2 Å². The third kappa shape index (κ3) is 5.86. The van der Waals surface area contributed by atoms with Crippen molar-refractivity contribution >= 4 is 34.8 Å². The minimum absolute atomic E-state index is 0.0411. The first-order valence-corrected chi connectivity index (χ1v) is 11.7. The quantitative estimate of drug-likeness (QED) is 0.442. The van der Waals surface area contributed by atoms with Crippen molar-refractivity contribution in [3.8, 4) is 6.07 Å². The molecule has 1 aliphatic heterocycles. The molecular weight excluding hydrogens is 452 g/mol. The van der Waals surface area contributed by atoms with Gasteiger partial charge in [-0.3, -0.25) is 9.36 Å². The lowest BCUT2D eigenvalue weighted by molar-refractivity contribution is -0.139. The zero-order valence-electron chi connectivity index (χ0n) is 20.1. The molecule has 3 heterocycles. The van der Waals surface area contributed by atoms with Gasteiger partial charge in [-0.25, -0.2) is 19.6 Å². The van der Waals surface area contributed by atoms with Gasteiger partial charge in [-0.2, -0.15) is 5.26 Å². The van der Waals surface area contributed by atoms with Crippen molar-refractivity contribution in [3.05, 3.63) is 18.6 Å². The van der Waals surface area contributed by atoms with E-state index in [1.54, 1.807) is 11.0 Å². The van der Waals surface area contributed by atoms with E-state index in [1.807, 2.05) is 18.0 Å². The summed E-state index contributed by atoms with van der Waals surface area (Å²) in [7, 11) is 1.89. The van der Waals surface area contributed by atoms with Gasteiger partial charge < -0.3 is 26.0 Å². The van der Waals surface area contributed by atoms with Crippen molar-refractivity contribution in [3.63, 3.8) is 0 Å². The third-order valence-electron chi connectivity index (χ3n) is 6.56. The number of carbonyl (C=O) groups is 3. The lowest BCUT2D eigenvalue weighted by atomic mass is 9.92. The normalized spacial score (nSPS) is 18.6. The molecule has 0 bridgehead atoms. The number of piperidine rings is 1. The van der Waals surface area contributed by atoms with Gasteiger partial charge in [0.2, 0.25) is 5.91 Å². The summed E-state index contributed by atoms with van der Waals surface area (Å²) in [4.78, 5) is 49.2. The summed E-state index contributed by atoms with van der Waals surface area (Å²) in [6.07, 6.45) is 5.09. The van der Waals surface area contributed by atoms with E-state index < -0.39 is 18.0 Å². The van der Waals surface area contributed by atoms with Gasteiger partial charge in [-0.05, 0) is 44.2 Å². The summed E-state index contributed by atoms with van der Waals surface area (Å²) in [6.45, 7) is 3.65. The molecule has 1 saturated heterocycles. The van der Waals surface area contributed by atoms with Gasteiger partial charge in [0.25, 0.3) is 0 Å². The number of anilines is 1. The highest BCUT2D eigenvalue weighted by atomic mass is 16.4. The van der Waals surface area contributed by atoms with Crippen LogP contribution in [-0.2, 0) is 9.59 Å². The molecule has 3 atom stereocenters. The lowest BCUT2D eigenvalue weighted by Gasteiger charge is -2.42. The second kappa shape index (κ2) is 11.6. The molecule has 4 N–H and O–H groups in total. The first kappa shape index (κ1) is 25.9. The first-order chi connectivity index (χ1) is 16.8. The number of aliphatic carboxylic acids is 1. The molecule has 12 heteroatoms. The van der Waals surface area contributed by atoms with E-state index >= 15 is 0 Å². The van der Waals surface area contributed by atoms with Crippen LogP contribution >= 0.6 is 0 Å². The molecule has 188 valence electrons. The van der Waals surface area contributed by atoms with E-state index in [4.69, 9.17) is 11.0 Å². The van der Waals surface area contributed by atoms with E-state index in [1.165, 1.54) is 17.1 Å². The average Bonchev–Trinajstić information content (AvgIpc) is 3.28. The Bertz CT molecular complexity index is 1110. The molecule has 2 amide bonds. The minimum atomic E-state index is -1.11. The van der Waals surface area contributed by atoms with Crippen molar-refractivity contribution in [2.24, 2.45) is 11.7 Å². The number of aromatic nitrogens is 3. The fourth-order valence-electron chi connectivity index (χ4n) is 4.47. The summed E-state index contributed by atoms with van der Waals surface area (Å²) in [5.41, 5.74) is 5.83. The minimum Gasteiger partial charge on any atom is -0.480 e. The molecule has 1 fully saturated rings. The van der Waals surface area contributed by atoms with Crippen LogP contribution in [0.4, 0.5) is 10.6 Å². The van der Waals surface area contributed by atoms with Crippen LogP contribution in [0.25, 0.3) is 11.0 Å². The van der Waals surface area contributed by atoms with Crippen LogP contribution in [0.15, 0.2) is 18.6 Å². The lowest BCUT2D eigenvalue weighted by Crippen LogP contribution is -2.52. The summed E-state index contributed by atoms with van der Waals surface area (Å²) in [5.74, 6) is -0.423. The van der Waals surface area contributed by atoms with E-state index in [0.717, 1.165) is 6.42 Å². The smallest absolute Gasteiger partial charge is 0.327 e. The van der Waals surface area contributed by atoms with Gasteiger partial charge in [0.15, 0.2) is 5.65 Å². The molecule has 0 aliphatic carbocycles. The average molecular weight is 485 g/mol. The van der Waals surface area contributed by atoms with Crippen molar-refractivity contribution in [2.45, 2.75) is 51.1 Å². The molecule has 2 aromatic heterocycles. The second-order valence-corrected chi connectivity index (χ2v) is 8.86. The van der Waals surface area contributed by atoms with Gasteiger partial charge in [-0.15, -0.1) is 0 Å². The molecule has 3 rings (SSSR count). The number of nitrogens with zero attached hydrogens (tertiary/aromatic N) is 6. The van der Waals surface area contributed by atoms with Crippen molar-refractivity contribution in [2.75, 3.05) is 31.6 Å². The molecule has 12 nitrogen and oxygen atoms in total. The van der Waals surface area contributed by atoms with Crippen molar-refractivity contribution < 1.29 is 19.5 Å². The Hall–Kier alpha value is -3.72. The number of likely N-dealkylation sites (tertiary alicyclic amines) is 1. The van der Waals surface area contributed by atoms with Crippen LogP contribution < -0.4 is 16.0 Å². The molecule has 2 aromatic rings. The SMILES string of the molecule is C[C@@H]1CCN(C(=O)CC#N)C[C@@H]1N(C)c1ncnc2c1ccn2C(=O)NC(CCCCN)C(=O)O. The fourth-order valence-corrected chi connectivity index (χ4v) is 4.47. The Balaban J connectivity index is 1.82. The number of likely N-dealkylation sites (N-methyl/N-ethyl adjacent to an activating group) is 1. The summed E-state index contributed by atoms with van der Waals surface area (Å²) in [5, 5.41) is 21.5. The van der Waals surface area contributed by atoms with Crippen LogP contribution in [0.2, 0.25) is 0 Å². The van der Waals surface area contributed by atoms with Crippen LogP contribution in [0, 0.1) is 17.2 Å². The number of hydrogen-bond acceptors (Lipinski definition) is 8. The number of unbranched alkanes of at least 4 members (excludes halogenated alkanes) is 1. The predicted octanol–water partition coefficient (Wildman–Crippen LogP) is 1.16. The van der Waals surface area contributed by atoms with Gasteiger partial charge in [0.1, 0.15) is 24.6 Å². The van der Waals surface area contributed by atoms with Gasteiger partial charge in [0.05, 0.1) is 17.5 Å². The van der Waals surface area contributed by atoms with Crippen LogP contribution in [-0.4, -0.2) is 81.2 Å². The van der Waals surface area contributed by atoms with Crippen molar-refractivity contribution in [1.29, 1.82) is 5.26 Å². The molecule has 0 radical (unpaired) electrons. The highest BCUT2D eigenvalue weighted by Gasteiger charge is 2.33. The Kier molecular flexibility index (Phi) is 8.59. The zero-order valence-corrected chi connectivity index (χ0v) is 20.1. The standard InChI is InChI=1S/C23H32N8O4/c1-15-7-11-30(19(32)6-10-25)13-18(15)29(2)20-16-8-12-31(21(16)27-14-26-20)23(35)28-17(22(33)34)5-3-4-9-24/h8,12,14-15,17-18H,3-7,9,11,13,24H2,1-2H3,(H,28,35)(H,33,34)/t15-,17?,18+/m1/s1. The Morgan fingerprint density at radius 2 is 2.14 bits per heavy atom. The topological polar surface area (TPSA) is 170 Å². The Morgan fingerprint density at radius 1 is 1.37 bits per heavy atom. The molecule has 0 saturated carbocycles. The molecule has 0 aromatic carbocycles. The number of amides is 2. The predicted molar refractivity (Wildman–Crippen MR) is 129 cm³/mol. The zero-order chi connectivity index (χ0) is 25.5. The second-order valence-electron chi connectivity index (χ2n) is 8.86.